The van der Waals surface area contributed by atoms with Crippen molar-refractivity contribution in [2.75, 3.05) is 31.6 Å². The van der Waals surface area contributed by atoms with Crippen LogP contribution in [0.2, 0.25) is 0 Å². The predicted molar refractivity (Wildman–Crippen MR) is 72.0 cm³/mol. The highest BCUT2D eigenvalue weighted by atomic mass is 16.6. The molecule has 1 unspecified atom stereocenters. The van der Waals surface area contributed by atoms with Crippen LogP contribution in [-0.2, 0) is 0 Å². The molecule has 2 rings (SSSR count). The van der Waals surface area contributed by atoms with Crippen molar-refractivity contribution in [1.82, 2.24) is 5.32 Å². The molecular weight excluding hydrogens is 230 g/mol. The summed E-state index contributed by atoms with van der Waals surface area (Å²) in [4.78, 5) is 12.9. The highest BCUT2D eigenvalue weighted by molar-refractivity contribution is 5.63. The molecule has 5 heteroatoms. The van der Waals surface area contributed by atoms with Gasteiger partial charge in [0.05, 0.1) is 4.92 Å². The molecule has 0 bridgehead atoms. The van der Waals surface area contributed by atoms with Crippen LogP contribution in [0.4, 0.5) is 11.4 Å². The van der Waals surface area contributed by atoms with Gasteiger partial charge < -0.3 is 10.2 Å². The molecule has 0 aliphatic carbocycles. The van der Waals surface area contributed by atoms with Crippen LogP contribution in [0.1, 0.15) is 12.8 Å². The van der Waals surface area contributed by atoms with E-state index < -0.39 is 0 Å². The normalized spacial score (nSPS) is 19.8. The second-order valence-electron chi connectivity index (χ2n) is 4.76. The number of hydrogen-bond donors (Lipinski definition) is 1. The van der Waals surface area contributed by atoms with E-state index in [1.54, 1.807) is 12.1 Å². The molecule has 5 nitrogen and oxygen atoms in total. The fourth-order valence-electron chi connectivity index (χ4n) is 2.63. The fourth-order valence-corrected chi connectivity index (χ4v) is 2.63. The molecule has 1 heterocycles. The lowest BCUT2D eigenvalue weighted by atomic mass is 9.97. The molecule has 0 spiro atoms. The zero-order chi connectivity index (χ0) is 13.0. The zero-order valence-electron chi connectivity index (χ0n) is 10.6. The topological polar surface area (TPSA) is 58.4 Å². The lowest BCUT2D eigenvalue weighted by Crippen LogP contribution is -2.39. The first kappa shape index (κ1) is 12.8. The van der Waals surface area contributed by atoms with Gasteiger partial charge in [-0.3, -0.25) is 10.1 Å². The van der Waals surface area contributed by atoms with Gasteiger partial charge in [0.1, 0.15) is 5.69 Å². The number of rotatable bonds is 4. The lowest BCUT2D eigenvalue weighted by molar-refractivity contribution is -0.384. The van der Waals surface area contributed by atoms with E-state index in [4.69, 9.17) is 0 Å². The van der Waals surface area contributed by atoms with E-state index in [0.717, 1.165) is 31.7 Å². The molecular formula is C13H19N3O2. The molecule has 0 aromatic heterocycles. The van der Waals surface area contributed by atoms with Gasteiger partial charge in [0.25, 0.3) is 5.69 Å². The Morgan fingerprint density at radius 3 is 3.00 bits per heavy atom. The monoisotopic (exact) mass is 249 g/mol. The van der Waals surface area contributed by atoms with Crippen molar-refractivity contribution < 1.29 is 4.92 Å². The first-order chi connectivity index (χ1) is 8.72. The van der Waals surface area contributed by atoms with Gasteiger partial charge in [0.15, 0.2) is 0 Å². The molecule has 1 aliphatic heterocycles. The van der Waals surface area contributed by atoms with E-state index >= 15 is 0 Å². The first-order valence-electron chi connectivity index (χ1n) is 6.35. The third kappa shape index (κ3) is 2.79. The van der Waals surface area contributed by atoms with Crippen molar-refractivity contribution >= 4 is 11.4 Å². The summed E-state index contributed by atoms with van der Waals surface area (Å²) in [5.74, 6) is 0.573. The molecule has 1 saturated heterocycles. The summed E-state index contributed by atoms with van der Waals surface area (Å²) < 4.78 is 0. The molecule has 1 aromatic rings. The number of para-hydroxylation sites is 2. The first-order valence-corrected chi connectivity index (χ1v) is 6.35. The van der Waals surface area contributed by atoms with Gasteiger partial charge in [-0.05, 0) is 38.4 Å². The molecule has 0 amide bonds. The molecule has 1 fully saturated rings. The Bertz CT molecular complexity index is 420. The minimum absolute atomic E-state index is 0.211. The standard InChI is InChI=1S/C13H19N3O2/c1-14-9-11-5-4-8-15(10-11)12-6-2-3-7-13(12)16(17)18/h2-3,6-7,11,14H,4-5,8-10H2,1H3. The van der Waals surface area contributed by atoms with Crippen LogP contribution in [0.25, 0.3) is 0 Å². The summed E-state index contributed by atoms with van der Waals surface area (Å²) in [6, 6.07) is 7.01. The van der Waals surface area contributed by atoms with Crippen molar-refractivity contribution in [2.24, 2.45) is 5.92 Å². The van der Waals surface area contributed by atoms with Gasteiger partial charge in [0.2, 0.25) is 0 Å². The van der Waals surface area contributed by atoms with Gasteiger partial charge in [-0.2, -0.15) is 0 Å². The summed E-state index contributed by atoms with van der Waals surface area (Å²) in [6.45, 7) is 2.77. The molecule has 0 radical (unpaired) electrons. The maximum Gasteiger partial charge on any atom is 0.292 e. The summed E-state index contributed by atoms with van der Waals surface area (Å²) in [6.07, 6.45) is 2.29. The summed E-state index contributed by atoms with van der Waals surface area (Å²) >= 11 is 0. The van der Waals surface area contributed by atoms with Crippen LogP contribution >= 0.6 is 0 Å². The van der Waals surface area contributed by atoms with E-state index in [1.165, 1.54) is 6.42 Å². The zero-order valence-corrected chi connectivity index (χ0v) is 10.6. The Morgan fingerprint density at radius 2 is 2.28 bits per heavy atom. The maximum atomic E-state index is 11.0. The molecule has 1 atom stereocenters. The van der Waals surface area contributed by atoms with Crippen LogP contribution in [0, 0.1) is 16.0 Å². The molecule has 1 aromatic carbocycles. The lowest BCUT2D eigenvalue weighted by Gasteiger charge is -2.34. The molecule has 18 heavy (non-hydrogen) atoms. The van der Waals surface area contributed by atoms with Crippen molar-refractivity contribution in [3.63, 3.8) is 0 Å². The summed E-state index contributed by atoms with van der Waals surface area (Å²) in [5, 5.41) is 14.2. The smallest absolute Gasteiger partial charge is 0.292 e. The number of hydrogen-bond acceptors (Lipinski definition) is 4. The van der Waals surface area contributed by atoms with Crippen LogP contribution < -0.4 is 10.2 Å². The summed E-state index contributed by atoms with van der Waals surface area (Å²) in [5.41, 5.74) is 0.964. The average Bonchev–Trinajstić information content (AvgIpc) is 2.39. The Labute approximate surface area is 107 Å². The van der Waals surface area contributed by atoms with Crippen LogP contribution in [-0.4, -0.2) is 31.6 Å². The number of nitrogens with zero attached hydrogens (tertiary/aromatic N) is 2. The van der Waals surface area contributed by atoms with Gasteiger partial charge in [-0.1, -0.05) is 12.1 Å². The van der Waals surface area contributed by atoms with Gasteiger partial charge in [0, 0.05) is 19.2 Å². The Balaban J connectivity index is 2.18. The van der Waals surface area contributed by atoms with E-state index in [9.17, 15) is 10.1 Å². The van der Waals surface area contributed by atoms with Crippen molar-refractivity contribution in [1.29, 1.82) is 0 Å². The maximum absolute atomic E-state index is 11.0. The highest BCUT2D eigenvalue weighted by Crippen LogP contribution is 2.30. The number of piperidine rings is 1. The fraction of sp³-hybridized carbons (Fsp3) is 0.538. The van der Waals surface area contributed by atoms with Crippen LogP contribution in [0.15, 0.2) is 24.3 Å². The SMILES string of the molecule is CNCC1CCCN(c2ccccc2[N+](=O)[O-])C1. The Morgan fingerprint density at radius 1 is 1.50 bits per heavy atom. The van der Waals surface area contributed by atoms with Gasteiger partial charge >= 0.3 is 0 Å². The average molecular weight is 249 g/mol. The second kappa shape index (κ2) is 5.82. The number of nitrogens with one attached hydrogen (secondary N) is 1. The summed E-state index contributed by atoms with van der Waals surface area (Å²) in [7, 11) is 1.95. The van der Waals surface area contributed by atoms with E-state index in [1.807, 2.05) is 19.2 Å². The largest absolute Gasteiger partial charge is 0.366 e. The van der Waals surface area contributed by atoms with Crippen molar-refractivity contribution in [3.05, 3.63) is 34.4 Å². The molecule has 1 N–H and O–H groups in total. The third-order valence-electron chi connectivity index (χ3n) is 3.43. The second-order valence-corrected chi connectivity index (χ2v) is 4.76. The number of benzene rings is 1. The van der Waals surface area contributed by atoms with E-state index in [0.29, 0.717) is 5.92 Å². The number of nitro groups is 1. The quantitative estimate of drug-likeness (QED) is 0.655. The van der Waals surface area contributed by atoms with Crippen molar-refractivity contribution in [3.8, 4) is 0 Å². The van der Waals surface area contributed by atoms with Gasteiger partial charge in [-0.15, -0.1) is 0 Å². The number of nitro benzene ring substituents is 1. The van der Waals surface area contributed by atoms with Crippen LogP contribution in [0.5, 0.6) is 0 Å². The minimum atomic E-state index is -0.295. The third-order valence-corrected chi connectivity index (χ3v) is 3.43. The van der Waals surface area contributed by atoms with E-state index in [-0.39, 0.29) is 10.6 Å². The van der Waals surface area contributed by atoms with E-state index in [2.05, 4.69) is 10.2 Å². The van der Waals surface area contributed by atoms with Crippen LogP contribution in [0.3, 0.4) is 0 Å². The molecule has 0 saturated carbocycles. The van der Waals surface area contributed by atoms with Crippen molar-refractivity contribution in [2.45, 2.75) is 12.8 Å². The predicted octanol–water partition coefficient (Wildman–Crippen LogP) is 2.03. The molecule has 1 aliphatic rings. The number of anilines is 1. The highest BCUT2D eigenvalue weighted by Gasteiger charge is 2.24. The Hall–Kier alpha value is -1.62. The minimum Gasteiger partial charge on any atom is -0.366 e. The van der Waals surface area contributed by atoms with Gasteiger partial charge in [-0.25, -0.2) is 0 Å². The molecule has 98 valence electrons. The Kier molecular flexibility index (Phi) is 4.15.